The molecule has 0 unspecified atom stereocenters. The van der Waals surface area contributed by atoms with Gasteiger partial charge in [-0.2, -0.15) is 0 Å². The number of carboxylic acids is 1. The Bertz CT molecular complexity index is 651. The van der Waals surface area contributed by atoms with E-state index in [1.807, 2.05) is 6.07 Å². The summed E-state index contributed by atoms with van der Waals surface area (Å²) in [4.78, 5) is 23.5. The summed E-state index contributed by atoms with van der Waals surface area (Å²) in [7, 11) is 0. The number of hydrogen-bond acceptors (Lipinski definition) is 3. The molecular formula is C15H17NO4. The van der Waals surface area contributed by atoms with Gasteiger partial charge < -0.3 is 14.8 Å². The molecule has 1 aromatic heterocycles. The zero-order valence-corrected chi connectivity index (χ0v) is 11.6. The van der Waals surface area contributed by atoms with Gasteiger partial charge in [0.1, 0.15) is 17.9 Å². The molecule has 1 aromatic carbocycles. The molecule has 0 spiro atoms. The molecule has 2 aromatic rings. The van der Waals surface area contributed by atoms with Crippen LogP contribution < -0.4 is 5.32 Å². The van der Waals surface area contributed by atoms with E-state index in [1.165, 1.54) is 6.26 Å². The molecular weight excluding hydrogens is 258 g/mol. The van der Waals surface area contributed by atoms with Crippen LogP contribution in [-0.2, 0) is 4.79 Å². The lowest BCUT2D eigenvalue weighted by molar-refractivity contribution is -0.142. The van der Waals surface area contributed by atoms with Crippen LogP contribution in [0.5, 0.6) is 0 Å². The molecule has 106 valence electrons. The Balaban J connectivity index is 2.30. The van der Waals surface area contributed by atoms with E-state index in [0.717, 1.165) is 0 Å². The van der Waals surface area contributed by atoms with Crippen LogP contribution in [0.1, 0.15) is 31.1 Å². The van der Waals surface area contributed by atoms with Crippen molar-refractivity contribution in [2.45, 2.75) is 26.8 Å². The summed E-state index contributed by atoms with van der Waals surface area (Å²) < 4.78 is 5.29. The van der Waals surface area contributed by atoms with E-state index < -0.39 is 23.3 Å². The molecule has 0 saturated carbocycles. The van der Waals surface area contributed by atoms with E-state index >= 15 is 0 Å². The molecule has 0 fully saturated rings. The van der Waals surface area contributed by atoms with Crippen LogP contribution in [0, 0.1) is 5.41 Å². The summed E-state index contributed by atoms with van der Waals surface area (Å²) in [5.74, 6) is -1.50. The van der Waals surface area contributed by atoms with Crippen molar-refractivity contribution in [2.75, 3.05) is 0 Å². The molecule has 2 rings (SSSR count). The van der Waals surface area contributed by atoms with Crippen molar-refractivity contribution in [1.29, 1.82) is 0 Å². The molecule has 0 aliphatic heterocycles. The first-order valence-electron chi connectivity index (χ1n) is 6.30. The number of carbonyl (C=O) groups excluding carboxylic acids is 1. The van der Waals surface area contributed by atoms with Crippen LogP contribution in [-0.4, -0.2) is 23.0 Å². The number of carboxylic acid groups (broad SMARTS) is 1. The lowest BCUT2D eigenvalue weighted by Gasteiger charge is -2.27. The Labute approximate surface area is 116 Å². The molecule has 5 nitrogen and oxygen atoms in total. The fraction of sp³-hybridized carbons (Fsp3) is 0.333. The zero-order chi connectivity index (χ0) is 14.9. The van der Waals surface area contributed by atoms with Gasteiger partial charge in [0.25, 0.3) is 5.91 Å². The predicted molar refractivity (Wildman–Crippen MR) is 74.6 cm³/mol. The summed E-state index contributed by atoms with van der Waals surface area (Å²) in [6.07, 6.45) is 1.35. The minimum atomic E-state index is -1.06. The molecule has 0 radical (unpaired) electrons. The van der Waals surface area contributed by atoms with Crippen molar-refractivity contribution in [1.82, 2.24) is 5.32 Å². The van der Waals surface area contributed by atoms with Crippen molar-refractivity contribution < 1.29 is 19.1 Å². The van der Waals surface area contributed by atoms with Gasteiger partial charge in [0.2, 0.25) is 0 Å². The van der Waals surface area contributed by atoms with Crippen LogP contribution >= 0.6 is 0 Å². The van der Waals surface area contributed by atoms with Gasteiger partial charge in [-0.3, -0.25) is 4.79 Å². The van der Waals surface area contributed by atoms with Crippen LogP contribution in [0.3, 0.4) is 0 Å². The number of carbonyl (C=O) groups is 2. The molecule has 1 amide bonds. The Morgan fingerprint density at radius 2 is 1.90 bits per heavy atom. The van der Waals surface area contributed by atoms with Gasteiger partial charge in [-0.1, -0.05) is 39.0 Å². The third-order valence-corrected chi connectivity index (χ3v) is 3.11. The molecule has 0 saturated heterocycles. The third-order valence-electron chi connectivity index (χ3n) is 3.11. The van der Waals surface area contributed by atoms with Crippen LogP contribution in [0.4, 0.5) is 0 Å². The van der Waals surface area contributed by atoms with Crippen molar-refractivity contribution in [2.24, 2.45) is 5.41 Å². The average Bonchev–Trinajstić information content (AvgIpc) is 2.77. The van der Waals surface area contributed by atoms with E-state index in [2.05, 4.69) is 5.32 Å². The highest BCUT2D eigenvalue weighted by Gasteiger charge is 2.33. The lowest BCUT2D eigenvalue weighted by atomic mass is 9.86. The zero-order valence-electron chi connectivity index (χ0n) is 11.6. The first kappa shape index (κ1) is 14.1. The maximum absolute atomic E-state index is 12.2. The Morgan fingerprint density at radius 3 is 2.50 bits per heavy atom. The van der Waals surface area contributed by atoms with Gasteiger partial charge in [-0.15, -0.1) is 0 Å². The second-order valence-corrected chi connectivity index (χ2v) is 5.76. The second-order valence-electron chi connectivity index (χ2n) is 5.76. The van der Waals surface area contributed by atoms with Crippen LogP contribution in [0.2, 0.25) is 0 Å². The topological polar surface area (TPSA) is 79.5 Å². The number of rotatable bonds is 3. The number of para-hydroxylation sites is 1. The number of benzene rings is 1. The number of furan rings is 1. The van der Waals surface area contributed by atoms with Crippen LogP contribution in [0.25, 0.3) is 11.0 Å². The molecule has 0 bridgehead atoms. The fourth-order valence-electron chi connectivity index (χ4n) is 2.01. The smallest absolute Gasteiger partial charge is 0.326 e. The molecule has 1 atom stereocenters. The largest absolute Gasteiger partial charge is 0.480 e. The molecule has 5 heteroatoms. The number of fused-ring (bicyclic) bond motifs is 1. The minimum Gasteiger partial charge on any atom is -0.480 e. The van der Waals surface area contributed by atoms with Crippen molar-refractivity contribution in [3.63, 3.8) is 0 Å². The number of hydrogen-bond donors (Lipinski definition) is 2. The van der Waals surface area contributed by atoms with E-state index in [1.54, 1.807) is 39.0 Å². The van der Waals surface area contributed by atoms with Crippen molar-refractivity contribution >= 4 is 22.8 Å². The Morgan fingerprint density at radius 1 is 1.25 bits per heavy atom. The standard InChI is InChI=1S/C15H17NO4/c1-15(2,3)12(14(18)19)16-13(17)10-8-20-11-7-5-4-6-9(10)11/h4-8,12H,1-3H3,(H,16,17)(H,18,19)/t12-/m0/s1. The summed E-state index contributed by atoms with van der Waals surface area (Å²) in [5, 5.41) is 12.5. The Kier molecular flexibility index (Phi) is 3.53. The van der Waals surface area contributed by atoms with E-state index in [9.17, 15) is 14.7 Å². The molecule has 2 N–H and O–H groups in total. The average molecular weight is 275 g/mol. The highest BCUT2D eigenvalue weighted by Crippen LogP contribution is 2.23. The first-order valence-corrected chi connectivity index (χ1v) is 6.30. The molecule has 0 aliphatic carbocycles. The number of amides is 1. The number of nitrogens with one attached hydrogen (secondary N) is 1. The first-order chi connectivity index (χ1) is 9.30. The quantitative estimate of drug-likeness (QED) is 0.902. The maximum atomic E-state index is 12.2. The summed E-state index contributed by atoms with van der Waals surface area (Å²) >= 11 is 0. The van der Waals surface area contributed by atoms with E-state index in [-0.39, 0.29) is 0 Å². The normalized spacial score (nSPS) is 13.2. The molecule has 1 heterocycles. The lowest BCUT2D eigenvalue weighted by Crippen LogP contribution is -2.49. The summed E-state index contributed by atoms with van der Waals surface area (Å²) in [6, 6.07) is 6.16. The van der Waals surface area contributed by atoms with Crippen molar-refractivity contribution in [3.05, 3.63) is 36.1 Å². The SMILES string of the molecule is CC(C)(C)[C@@H](NC(=O)c1coc2ccccc12)C(=O)O. The summed E-state index contributed by atoms with van der Waals surface area (Å²) in [6.45, 7) is 5.29. The van der Waals surface area contributed by atoms with Crippen LogP contribution in [0.15, 0.2) is 34.9 Å². The minimum absolute atomic E-state index is 0.344. The Hall–Kier alpha value is -2.30. The van der Waals surface area contributed by atoms with E-state index in [0.29, 0.717) is 16.5 Å². The van der Waals surface area contributed by atoms with Gasteiger partial charge in [-0.25, -0.2) is 4.79 Å². The number of aliphatic carboxylic acids is 1. The van der Waals surface area contributed by atoms with Gasteiger partial charge >= 0.3 is 5.97 Å². The van der Waals surface area contributed by atoms with Crippen molar-refractivity contribution in [3.8, 4) is 0 Å². The predicted octanol–water partition coefficient (Wildman–Crippen LogP) is 2.66. The molecule has 0 aliphatic rings. The van der Waals surface area contributed by atoms with E-state index in [4.69, 9.17) is 4.42 Å². The van der Waals surface area contributed by atoms with Gasteiger partial charge in [0, 0.05) is 5.39 Å². The highest BCUT2D eigenvalue weighted by molar-refractivity contribution is 6.06. The van der Waals surface area contributed by atoms with Gasteiger partial charge in [-0.05, 0) is 11.5 Å². The maximum Gasteiger partial charge on any atom is 0.326 e. The highest BCUT2D eigenvalue weighted by atomic mass is 16.4. The van der Waals surface area contributed by atoms with Gasteiger partial charge in [0.15, 0.2) is 0 Å². The fourth-order valence-corrected chi connectivity index (χ4v) is 2.01. The second kappa shape index (κ2) is 5.00. The summed E-state index contributed by atoms with van der Waals surface area (Å²) in [5.41, 5.74) is 0.359. The monoisotopic (exact) mass is 275 g/mol. The van der Waals surface area contributed by atoms with Gasteiger partial charge in [0.05, 0.1) is 5.56 Å². The third kappa shape index (κ3) is 2.66. The molecule has 20 heavy (non-hydrogen) atoms.